The minimum atomic E-state index is 0.140. The van der Waals surface area contributed by atoms with E-state index in [2.05, 4.69) is 46.3 Å². The first-order valence-corrected chi connectivity index (χ1v) is 11.0. The highest BCUT2D eigenvalue weighted by Gasteiger charge is 2.31. The minimum absolute atomic E-state index is 0.140. The van der Waals surface area contributed by atoms with E-state index in [-0.39, 0.29) is 11.8 Å². The van der Waals surface area contributed by atoms with E-state index in [0.717, 1.165) is 52.0 Å². The van der Waals surface area contributed by atoms with Crippen molar-refractivity contribution < 1.29 is 9.53 Å². The van der Waals surface area contributed by atoms with Crippen molar-refractivity contribution in [1.82, 2.24) is 15.1 Å². The third-order valence-electron chi connectivity index (χ3n) is 6.34. The number of ether oxygens (including phenoxy) is 1. The van der Waals surface area contributed by atoms with Crippen LogP contribution < -0.4 is 5.32 Å². The molecule has 0 bridgehead atoms. The average molecular weight is 388 g/mol. The topological polar surface area (TPSA) is 44.8 Å². The summed E-state index contributed by atoms with van der Waals surface area (Å²) in [4.78, 5) is 17.6. The Hall–Kier alpha value is -1.43. The van der Waals surface area contributed by atoms with Crippen molar-refractivity contribution in [3.05, 3.63) is 35.4 Å². The van der Waals surface area contributed by atoms with Gasteiger partial charge in [-0.05, 0) is 62.9 Å². The SMILES string of the molecule is CCc1ccc(CN2CCC(N3CCCC(C(=O)NCCOC)C3)CC2)cc1. The molecule has 1 atom stereocenters. The van der Waals surface area contributed by atoms with Gasteiger partial charge in [0.05, 0.1) is 12.5 Å². The molecule has 0 saturated carbocycles. The molecule has 1 unspecified atom stereocenters. The Labute approximate surface area is 170 Å². The Morgan fingerprint density at radius 1 is 1.11 bits per heavy atom. The van der Waals surface area contributed by atoms with Crippen LogP contribution in [0.15, 0.2) is 24.3 Å². The molecule has 0 aromatic heterocycles. The van der Waals surface area contributed by atoms with Crippen LogP contribution in [0.3, 0.4) is 0 Å². The molecule has 3 rings (SSSR count). The molecule has 5 heteroatoms. The number of piperidine rings is 2. The number of carbonyl (C=O) groups is 1. The first-order chi connectivity index (χ1) is 13.7. The third kappa shape index (κ3) is 6.03. The molecular formula is C23H37N3O2. The fraction of sp³-hybridized carbons (Fsp3) is 0.696. The highest BCUT2D eigenvalue weighted by atomic mass is 16.5. The van der Waals surface area contributed by atoms with Crippen molar-refractivity contribution in [2.24, 2.45) is 5.92 Å². The minimum Gasteiger partial charge on any atom is -0.383 e. The van der Waals surface area contributed by atoms with Crippen molar-refractivity contribution in [2.75, 3.05) is 46.4 Å². The van der Waals surface area contributed by atoms with Crippen LogP contribution in [0.5, 0.6) is 0 Å². The summed E-state index contributed by atoms with van der Waals surface area (Å²) in [7, 11) is 1.67. The molecule has 0 spiro atoms. The van der Waals surface area contributed by atoms with E-state index in [1.165, 1.54) is 24.0 Å². The molecule has 156 valence electrons. The summed E-state index contributed by atoms with van der Waals surface area (Å²) in [5, 5.41) is 3.02. The number of nitrogens with zero attached hydrogens (tertiary/aromatic N) is 2. The van der Waals surface area contributed by atoms with Crippen LogP contribution in [-0.2, 0) is 22.5 Å². The van der Waals surface area contributed by atoms with E-state index >= 15 is 0 Å². The number of nitrogens with one attached hydrogen (secondary N) is 1. The molecule has 2 fully saturated rings. The smallest absolute Gasteiger partial charge is 0.224 e. The molecule has 2 heterocycles. The third-order valence-corrected chi connectivity index (χ3v) is 6.34. The van der Waals surface area contributed by atoms with Gasteiger partial charge in [0.2, 0.25) is 5.91 Å². The van der Waals surface area contributed by atoms with Crippen LogP contribution in [-0.4, -0.2) is 68.2 Å². The maximum absolute atomic E-state index is 12.4. The molecule has 0 aliphatic carbocycles. The molecule has 5 nitrogen and oxygen atoms in total. The number of likely N-dealkylation sites (tertiary alicyclic amines) is 2. The van der Waals surface area contributed by atoms with E-state index in [4.69, 9.17) is 4.74 Å². The van der Waals surface area contributed by atoms with Crippen molar-refractivity contribution >= 4 is 5.91 Å². The Balaban J connectivity index is 1.42. The Bertz CT molecular complexity index is 596. The van der Waals surface area contributed by atoms with Crippen LogP contribution in [0.4, 0.5) is 0 Å². The van der Waals surface area contributed by atoms with Crippen LogP contribution >= 0.6 is 0 Å². The molecule has 28 heavy (non-hydrogen) atoms. The lowest BCUT2D eigenvalue weighted by atomic mass is 9.93. The molecule has 1 aromatic rings. The van der Waals surface area contributed by atoms with Crippen LogP contribution in [0, 0.1) is 5.92 Å². The zero-order valence-electron chi connectivity index (χ0n) is 17.7. The van der Waals surface area contributed by atoms with Crippen molar-refractivity contribution in [3.63, 3.8) is 0 Å². The van der Waals surface area contributed by atoms with E-state index in [1.54, 1.807) is 7.11 Å². The van der Waals surface area contributed by atoms with Crippen LogP contribution in [0.25, 0.3) is 0 Å². The fourth-order valence-electron chi connectivity index (χ4n) is 4.55. The summed E-state index contributed by atoms with van der Waals surface area (Å²) in [5.41, 5.74) is 2.83. The summed E-state index contributed by atoms with van der Waals surface area (Å²) >= 11 is 0. The quantitative estimate of drug-likeness (QED) is 0.697. The highest BCUT2D eigenvalue weighted by molar-refractivity contribution is 5.78. The van der Waals surface area contributed by atoms with Gasteiger partial charge in [-0.25, -0.2) is 0 Å². The van der Waals surface area contributed by atoms with Gasteiger partial charge in [-0.3, -0.25) is 14.6 Å². The van der Waals surface area contributed by atoms with E-state index in [0.29, 0.717) is 19.2 Å². The second-order valence-corrected chi connectivity index (χ2v) is 8.30. The standard InChI is InChI=1S/C23H37N3O2/c1-3-19-6-8-20(9-7-19)17-25-14-10-22(11-15-25)26-13-4-5-21(18-26)23(27)24-12-16-28-2/h6-9,21-22H,3-5,10-18H2,1-2H3,(H,24,27). The number of carbonyl (C=O) groups excluding carboxylic acids is 1. The second kappa shape index (κ2) is 10.9. The number of methoxy groups -OCH3 is 1. The number of rotatable bonds is 8. The number of benzene rings is 1. The van der Waals surface area contributed by atoms with E-state index < -0.39 is 0 Å². The van der Waals surface area contributed by atoms with Gasteiger partial charge in [0.25, 0.3) is 0 Å². The van der Waals surface area contributed by atoms with Crippen molar-refractivity contribution in [3.8, 4) is 0 Å². The summed E-state index contributed by atoms with van der Waals surface area (Å²) in [6, 6.07) is 9.71. The molecule has 1 aromatic carbocycles. The molecule has 2 aliphatic rings. The normalized spacial score (nSPS) is 22.3. The van der Waals surface area contributed by atoms with E-state index in [1.807, 2.05) is 0 Å². The first-order valence-electron chi connectivity index (χ1n) is 11.0. The van der Waals surface area contributed by atoms with Gasteiger partial charge in [0, 0.05) is 32.8 Å². The number of hydrogen-bond acceptors (Lipinski definition) is 4. The highest BCUT2D eigenvalue weighted by Crippen LogP contribution is 2.24. The van der Waals surface area contributed by atoms with Gasteiger partial charge in [-0.2, -0.15) is 0 Å². The number of amides is 1. The van der Waals surface area contributed by atoms with Gasteiger partial charge < -0.3 is 10.1 Å². The predicted octanol–water partition coefficient (Wildman–Crippen LogP) is 2.69. The Morgan fingerprint density at radius 3 is 2.50 bits per heavy atom. The maximum Gasteiger partial charge on any atom is 0.224 e. The molecule has 2 saturated heterocycles. The lowest BCUT2D eigenvalue weighted by molar-refractivity contribution is -0.127. The summed E-state index contributed by atoms with van der Waals surface area (Å²) in [6.45, 7) is 8.83. The number of hydrogen-bond donors (Lipinski definition) is 1. The lowest BCUT2D eigenvalue weighted by Crippen LogP contribution is -2.50. The Morgan fingerprint density at radius 2 is 1.82 bits per heavy atom. The van der Waals surface area contributed by atoms with Gasteiger partial charge in [0.15, 0.2) is 0 Å². The van der Waals surface area contributed by atoms with Crippen molar-refractivity contribution in [2.45, 2.75) is 51.6 Å². The zero-order valence-corrected chi connectivity index (χ0v) is 17.7. The molecule has 2 aliphatic heterocycles. The summed E-state index contributed by atoms with van der Waals surface area (Å²) in [5.74, 6) is 0.343. The van der Waals surface area contributed by atoms with Gasteiger partial charge >= 0.3 is 0 Å². The predicted molar refractivity (Wildman–Crippen MR) is 113 cm³/mol. The molecular weight excluding hydrogens is 350 g/mol. The van der Waals surface area contributed by atoms with E-state index in [9.17, 15) is 4.79 Å². The fourth-order valence-corrected chi connectivity index (χ4v) is 4.55. The van der Waals surface area contributed by atoms with Gasteiger partial charge in [0.1, 0.15) is 0 Å². The maximum atomic E-state index is 12.4. The Kier molecular flexibility index (Phi) is 8.31. The first kappa shape index (κ1) is 21.3. The van der Waals surface area contributed by atoms with Crippen LogP contribution in [0.2, 0.25) is 0 Å². The van der Waals surface area contributed by atoms with Crippen LogP contribution in [0.1, 0.15) is 43.7 Å². The largest absolute Gasteiger partial charge is 0.383 e. The van der Waals surface area contributed by atoms with Crippen molar-refractivity contribution in [1.29, 1.82) is 0 Å². The molecule has 1 N–H and O–H groups in total. The molecule has 1 amide bonds. The van der Waals surface area contributed by atoms with Gasteiger partial charge in [-0.15, -0.1) is 0 Å². The monoisotopic (exact) mass is 387 g/mol. The second-order valence-electron chi connectivity index (χ2n) is 8.30. The number of aryl methyl sites for hydroxylation is 1. The van der Waals surface area contributed by atoms with Gasteiger partial charge in [-0.1, -0.05) is 31.2 Å². The average Bonchev–Trinajstić information content (AvgIpc) is 2.75. The summed E-state index contributed by atoms with van der Waals surface area (Å²) in [6.07, 6.45) is 5.68. The summed E-state index contributed by atoms with van der Waals surface area (Å²) < 4.78 is 5.03. The molecule has 0 radical (unpaired) electrons. The lowest BCUT2D eigenvalue weighted by Gasteiger charge is -2.42. The zero-order chi connectivity index (χ0) is 19.8.